The minimum Gasteiger partial charge on any atom is -0.447 e. The second-order valence-electron chi connectivity index (χ2n) is 7.84. The quantitative estimate of drug-likeness (QED) is 0.801. The fraction of sp³-hybridized carbons (Fsp3) is 0.391. The Balaban J connectivity index is 1.41. The Labute approximate surface area is 171 Å². The normalized spacial score (nSPS) is 16.9. The number of rotatable bonds is 3. The number of ether oxygens (including phenoxy) is 1. The molecule has 152 valence electrons. The Kier molecular flexibility index (Phi) is 5.18. The van der Waals surface area contributed by atoms with E-state index in [4.69, 9.17) is 4.74 Å². The number of carbonyl (C=O) groups excluding carboxylic acids is 2. The third kappa shape index (κ3) is 3.79. The summed E-state index contributed by atoms with van der Waals surface area (Å²) in [5.74, 6) is 0.0394. The third-order valence-electron chi connectivity index (χ3n) is 5.71. The van der Waals surface area contributed by atoms with Gasteiger partial charge in [0.2, 0.25) is 0 Å². The summed E-state index contributed by atoms with van der Waals surface area (Å²) in [6, 6.07) is 11.7. The molecule has 2 aromatic carbocycles. The van der Waals surface area contributed by atoms with Crippen LogP contribution in [-0.2, 0) is 4.74 Å². The van der Waals surface area contributed by atoms with Crippen molar-refractivity contribution >= 4 is 23.4 Å². The van der Waals surface area contributed by atoms with Gasteiger partial charge in [-0.1, -0.05) is 17.7 Å². The van der Waals surface area contributed by atoms with Gasteiger partial charge >= 0.3 is 6.09 Å². The molecule has 2 fully saturated rings. The summed E-state index contributed by atoms with van der Waals surface area (Å²) < 4.78 is 4.97. The summed E-state index contributed by atoms with van der Waals surface area (Å²) >= 11 is 0. The molecule has 0 N–H and O–H groups in total. The van der Waals surface area contributed by atoms with Crippen molar-refractivity contribution in [3.63, 3.8) is 0 Å². The van der Waals surface area contributed by atoms with Crippen molar-refractivity contribution in [1.29, 1.82) is 0 Å². The first kappa shape index (κ1) is 19.3. The highest BCUT2D eigenvalue weighted by molar-refractivity contribution is 5.96. The van der Waals surface area contributed by atoms with Crippen molar-refractivity contribution in [1.82, 2.24) is 4.90 Å². The summed E-state index contributed by atoms with van der Waals surface area (Å²) in [7, 11) is 0. The van der Waals surface area contributed by atoms with Gasteiger partial charge in [0.1, 0.15) is 6.61 Å². The first-order chi connectivity index (χ1) is 13.9. The van der Waals surface area contributed by atoms with Crippen LogP contribution in [0.1, 0.15) is 27.0 Å². The smallest absolute Gasteiger partial charge is 0.414 e. The minimum absolute atomic E-state index is 0.0394. The number of piperazine rings is 1. The number of carbonyl (C=O) groups is 2. The van der Waals surface area contributed by atoms with E-state index >= 15 is 0 Å². The molecule has 6 nitrogen and oxygen atoms in total. The molecule has 2 aliphatic heterocycles. The first-order valence-electron chi connectivity index (χ1n) is 10.1. The van der Waals surface area contributed by atoms with Crippen LogP contribution in [0, 0.1) is 20.8 Å². The molecule has 29 heavy (non-hydrogen) atoms. The maximum absolute atomic E-state index is 12.9. The van der Waals surface area contributed by atoms with E-state index in [0.29, 0.717) is 31.8 Å². The zero-order valence-corrected chi connectivity index (χ0v) is 17.3. The molecule has 0 spiro atoms. The molecule has 0 unspecified atom stereocenters. The Morgan fingerprint density at radius 3 is 2.07 bits per heavy atom. The number of aryl methyl sites for hydroxylation is 3. The molecule has 0 aromatic heterocycles. The van der Waals surface area contributed by atoms with Gasteiger partial charge in [-0.05, 0) is 56.2 Å². The average Bonchev–Trinajstić information content (AvgIpc) is 3.13. The molecule has 2 aliphatic rings. The van der Waals surface area contributed by atoms with Crippen molar-refractivity contribution in [3.05, 3.63) is 58.7 Å². The molecule has 2 aromatic rings. The molecular formula is C23H27N3O3. The molecular weight excluding hydrogens is 366 g/mol. The lowest BCUT2D eigenvalue weighted by molar-refractivity contribution is 0.0747. The molecule has 2 amide bonds. The zero-order valence-electron chi connectivity index (χ0n) is 17.3. The molecule has 2 saturated heterocycles. The van der Waals surface area contributed by atoms with Crippen molar-refractivity contribution < 1.29 is 14.3 Å². The van der Waals surface area contributed by atoms with E-state index in [0.717, 1.165) is 18.8 Å². The van der Waals surface area contributed by atoms with Crippen LogP contribution in [0.3, 0.4) is 0 Å². The third-order valence-corrected chi connectivity index (χ3v) is 5.71. The predicted molar refractivity (Wildman–Crippen MR) is 114 cm³/mol. The van der Waals surface area contributed by atoms with Crippen LogP contribution in [0.15, 0.2) is 36.4 Å². The van der Waals surface area contributed by atoms with Gasteiger partial charge in [0, 0.05) is 43.1 Å². The molecule has 0 radical (unpaired) electrons. The Bertz CT molecular complexity index is 908. The van der Waals surface area contributed by atoms with E-state index in [9.17, 15) is 9.59 Å². The molecule has 0 atom stereocenters. The van der Waals surface area contributed by atoms with Crippen LogP contribution in [0.25, 0.3) is 0 Å². The number of hydrogen-bond donors (Lipinski definition) is 0. The van der Waals surface area contributed by atoms with Crippen molar-refractivity contribution in [2.75, 3.05) is 49.1 Å². The van der Waals surface area contributed by atoms with Gasteiger partial charge in [-0.25, -0.2) is 4.79 Å². The summed E-state index contributed by atoms with van der Waals surface area (Å²) in [4.78, 5) is 30.5. The van der Waals surface area contributed by atoms with Crippen LogP contribution in [0.2, 0.25) is 0 Å². The van der Waals surface area contributed by atoms with E-state index in [1.165, 1.54) is 22.4 Å². The SMILES string of the molecule is Cc1cc(C)c(N2CCN(C(=O)c3ccc(N4CCOC4=O)cc3)CC2)c(C)c1. The number of amides is 2. The van der Waals surface area contributed by atoms with E-state index in [1.807, 2.05) is 17.0 Å². The lowest BCUT2D eigenvalue weighted by atomic mass is 10.0. The van der Waals surface area contributed by atoms with Crippen molar-refractivity contribution in [3.8, 4) is 0 Å². The molecule has 0 bridgehead atoms. The van der Waals surface area contributed by atoms with Crippen LogP contribution < -0.4 is 9.80 Å². The zero-order chi connectivity index (χ0) is 20.5. The van der Waals surface area contributed by atoms with Gasteiger partial charge in [-0.2, -0.15) is 0 Å². The van der Waals surface area contributed by atoms with Crippen LogP contribution >= 0.6 is 0 Å². The minimum atomic E-state index is -0.332. The first-order valence-corrected chi connectivity index (χ1v) is 10.1. The highest BCUT2D eigenvalue weighted by Crippen LogP contribution is 2.27. The summed E-state index contributed by atoms with van der Waals surface area (Å²) in [5.41, 5.74) is 6.57. The number of benzene rings is 2. The van der Waals surface area contributed by atoms with Gasteiger partial charge in [0.25, 0.3) is 5.91 Å². The number of anilines is 2. The molecule has 2 heterocycles. The second kappa shape index (κ2) is 7.78. The summed E-state index contributed by atoms with van der Waals surface area (Å²) in [6.07, 6.45) is -0.332. The van der Waals surface area contributed by atoms with E-state index in [2.05, 4.69) is 37.8 Å². The van der Waals surface area contributed by atoms with Gasteiger partial charge in [-0.15, -0.1) is 0 Å². The molecule has 0 aliphatic carbocycles. The maximum Gasteiger partial charge on any atom is 0.414 e. The van der Waals surface area contributed by atoms with Gasteiger partial charge in [0.05, 0.1) is 6.54 Å². The molecule has 4 rings (SSSR count). The largest absolute Gasteiger partial charge is 0.447 e. The highest BCUT2D eigenvalue weighted by atomic mass is 16.6. The Morgan fingerprint density at radius 2 is 1.52 bits per heavy atom. The number of cyclic esters (lactones) is 1. The highest BCUT2D eigenvalue weighted by Gasteiger charge is 2.26. The standard InChI is InChI=1S/C23H27N3O3/c1-16-14-17(2)21(18(3)15-16)24-8-10-25(11-9-24)22(27)19-4-6-20(7-5-19)26-12-13-29-23(26)28/h4-7,14-15H,8-13H2,1-3H3. The Hall–Kier alpha value is -3.02. The summed E-state index contributed by atoms with van der Waals surface area (Å²) in [5, 5.41) is 0. The average molecular weight is 393 g/mol. The monoisotopic (exact) mass is 393 g/mol. The lowest BCUT2D eigenvalue weighted by Crippen LogP contribution is -2.49. The number of nitrogens with zero attached hydrogens (tertiary/aromatic N) is 3. The van der Waals surface area contributed by atoms with Gasteiger partial charge in [0.15, 0.2) is 0 Å². The fourth-order valence-electron chi connectivity index (χ4n) is 4.40. The van der Waals surface area contributed by atoms with Gasteiger partial charge in [-0.3, -0.25) is 9.69 Å². The van der Waals surface area contributed by atoms with Crippen molar-refractivity contribution in [2.45, 2.75) is 20.8 Å². The van der Waals surface area contributed by atoms with Gasteiger partial charge < -0.3 is 14.5 Å². The van der Waals surface area contributed by atoms with E-state index in [-0.39, 0.29) is 12.0 Å². The topological polar surface area (TPSA) is 53.1 Å². The lowest BCUT2D eigenvalue weighted by Gasteiger charge is -2.37. The Morgan fingerprint density at radius 1 is 0.897 bits per heavy atom. The molecule has 6 heteroatoms. The van der Waals surface area contributed by atoms with Crippen LogP contribution in [0.4, 0.5) is 16.2 Å². The predicted octanol–water partition coefficient (Wildman–Crippen LogP) is 3.53. The van der Waals surface area contributed by atoms with Crippen LogP contribution in [0.5, 0.6) is 0 Å². The molecule has 0 saturated carbocycles. The van der Waals surface area contributed by atoms with Crippen molar-refractivity contribution in [2.24, 2.45) is 0 Å². The second-order valence-corrected chi connectivity index (χ2v) is 7.84. The fourth-order valence-corrected chi connectivity index (χ4v) is 4.40. The van der Waals surface area contributed by atoms with E-state index in [1.54, 1.807) is 17.0 Å². The van der Waals surface area contributed by atoms with E-state index < -0.39 is 0 Å². The summed E-state index contributed by atoms with van der Waals surface area (Å²) in [6.45, 7) is 10.4. The number of hydrogen-bond acceptors (Lipinski definition) is 4. The maximum atomic E-state index is 12.9. The van der Waals surface area contributed by atoms with Crippen LogP contribution in [-0.4, -0.2) is 56.2 Å².